The zero-order valence-corrected chi connectivity index (χ0v) is 18.4. The summed E-state index contributed by atoms with van der Waals surface area (Å²) in [7, 11) is -3.68. The quantitative estimate of drug-likeness (QED) is 0.308. The minimum atomic E-state index is -3.68. The van der Waals surface area contributed by atoms with Crippen molar-refractivity contribution in [2.75, 3.05) is 10.6 Å². The Morgan fingerprint density at radius 3 is 2.77 bits per heavy atom. The van der Waals surface area contributed by atoms with Crippen molar-refractivity contribution in [3.63, 3.8) is 0 Å². The molecular formula is C18H15BrClN7O2S. The van der Waals surface area contributed by atoms with Gasteiger partial charge in [0, 0.05) is 23.0 Å². The van der Waals surface area contributed by atoms with Crippen LogP contribution in [0.1, 0.15) is 5.56 Å². The number of nitrogens with one attached hydrogen (secondary N) is 3. The number of hydrogen-bond donors (Lipinski definition) is 4. The molecule has 12 heteroatoms. The van der Waals surface area contributed by atoms with Gasteiger partial charge in [0.1, 0.15) is 11.0 Å². The van der Waals surface area contributed by atoms with Crippen LogP contribution in [0.15, 0.2) is 53.1 Å². The molecule has 5 N–H and O–H groups in total. The van der Waals surface area contributed by atoms with E-state index in [9.17, 15) is 8.42 Å². The van der Waals surface area contributed by atoms with Gasteiger partial charge >= 0.3 is 0 Å². The van der Waals surface area contributed by atoms with Gasteiger partial charge < -0.3 is 10.6 Å². The Balaban J connectivity index is 1.61. The van der Waals surface area contributed by atoms with Crippen LogP contribution in [0.2, 0.25) is 5.15 Å². The van der Waals surface area contributed by atoms with Gasteiger partial charge in [-0.25, -0.2) is 18.5 Å². The summed E-state index contributed by atoms with van der Waals surface area (Å²) in [6.45, 7) is 0. The van der Waals surface area contributed by atoms with Gasteiger partial charge in [0.05, 0.1) is 15.7 Å². The molecule has 0 fully saturated rings. The van der Waals surface area contributed by atoms with Crippen molar-refractivity contribution in [3.8, 4) is 0 Å². The maximum Gasteiger partial charge on any atom is 0.229 e. The molecule has 0 saturated heterocycles. The van der Waals surface area contributed by atoms with Crippen LogP contribution in [0.3, 0.4) is 0 Å². The van der Waals surface area contributed by atoms with E-state index in [0.717, 1.165) is 11.1 Å². The molecule has 2 aromatic heterocycles. The third-order valence-corrected chi connectivity index (χ3v) is 5.72. The first-order chi connectivity index (χ1) is 14.3. The maximum absolute atomic E-state index is 11.5. The number of nitrogens with zero attached hydrogens (tertiary/aromatic N) is 3. The lowest BCUT2D eigenvalue weighted by molar-refractivity contribution is 0.597. The molecule has 2 aromatic carbocycles. The number of anilines is 4. The van der Waals surface area contributed by atoms with Crippen LogP contribution in [-0.4, -0.2) is 28.6 Å². The SMILES string of the molecule is NS(=O)(=O)Cc1ccccc1Nc1nc(Nc2ccc3c(Cl)[nH]nc3c2)ncc1Br. The molecule has 9 nitrogen and oxygen atoms in total. The number of para-hydroxylation sites is 1. The number of benzene rings is 2. The van der Waals surface area contributed by atoms with E-state index >= 15 is 0 Å². The molecule has 154 valence electrons. The van der Waals surface area contributed by atoms with E-state index in [0.29, 0.717) is 38.2 Å². The van der Waals surface area contributed by atoms with Crippen LogP contribution < -0.4 is 15.8 Å². The Kier molecular flexibility index (Phi) is 5.60. The number of hydrogen-bond acceptors (Lipinski definition) is 7. The summed E-state index contributed by atoms with van der Waals surface area (Å²) in [6, 6.07) is 12.5. The number of aromatic amines is 1. The fraction of sp³-hybridized carbons (Fsp3) is 0.0556. The molecule has 0 spiro atoms. The normalized spacial score (nSPS) is 11.6. The molecule has 0 amide bonds. The topological polar surface area (TPSA) is 139 Å². The summed E-state index contributed by atoms with van der Waals surface area (Å²) < 4.78 is 23.6. The summed E-state index contributed by atoms with van der Waals surface area (Å²) in [5, 5.41) is 19.6. The van der Waals surface area contributed by atoms with Crippen LogP contribution in [0.5, 0.6) is 0 Å². The lowest BCUT2D eigenvalue weighted by Crippen LogP contribution is -2.15. The molecule has 4 rings (SSSR count). The highest BCUT2D eigenvalue weighted by Crippen LogP contribution is 2.29. The van der Waals surface area contributed by atoms with E-state index in [4.69, 9.17) is 16.7 Å². The van der Waals surface area contributed by atoms with Crippen molar-refractivity contribution in [2.24, 2.45) is 5.14 Å². The van der Waals surface area contributed by atoms with E-state index in [1.807, 2.05) is 18.2 Å². The highest BCUT2D eigenvalue weighted by Gasteiger charge is 2.13. The van der Waals surface area contributed by atoms with Crippen molar-refractivity contribution in [2.45, 2.75) is 5.75 Å². The molecule has 0 atom stereocenters. The summed E-state index contributed by atoms with van der Waals surface area (Å²) in [5.41, 5.74) is 2.54. The van der Waals surface area contributed by atoms with Gasteiger partial charge in [0.2, 0.25) is 16.0 Å². The smallest absolute Gasteiger partial charge is 0.229 e. The highest BCUT2D eigenvalue weighted by molar-refractivity contribution is 9.10. The molecule has 0 radical (unpaired) electrons. The van der Waals surface area contributed by atoms with Gasteiger partial charge in [-0.1, -0.05) is 29.8 Å². The van der Waals surface area contributed by atoms with E-state index in [2.05, 4.69) is 46.7 Å². The first-order valence-corrected chi connectivity index (χ1v) is 11.5. The monoisotopic (exact) mass is 507 g/mol. The fourth-order valence-electron chi connectivity index (χ4n) is 2.81. The number of sulfonamides is 1. The molecule has 0 saturated carbocycles. The number of rotatable bonds is 6. The molecule has 0 bridgehead atoms. The van der Waals surface area contributed by atoms with Crippen molar-refractivity contribution in [1.82, 2.24) is 20.2 Å². The zero-order valence-electron chi connectivity index (χ0n) is 15.2. The van der Waals surface area contributed by atoms with E-state index in [1.165, 1.54) is 0 Å². The summed E-state index contributed by atoms with van der Waals surface area (Å²) in [6.07, 6.45) is 1.59. The largest absolute Gasteiger partial charge is 0.339 e. The van der Waals surface area contributed by atoms with E-state index in [1.54, 1.807) is 30.5 Å². The maximum atomic E-state index is 11.5. The average Bonchev–Trinajstić information content (AvgIpc) is 3.05. The molecule has 0 aliphatic carbocycles. The van der Waals surface area contributed by atoms with Crippen molar-refractivity contribution >= 4 is 71.6 Å². The van der Waals surface area contributed by atoms with Crippen LogP contribution in [-0.2, 0) is 15.8 Å². The van der Waals surface area contributed by atoms with Gasteiger partial charge in [-0.2, -0.15) is 10.1 Å². The lowest BCUT2D eigenvalue weighted by atomic mass is 10.2. The van der Waals surface area contributed by atoms with Crippen LogP contribution >= 0.6 is 27.5 Å². The summed E-state index contributed by atoms with van der Waals surface area (Å²) in [4.78, 5) is 8.73. The predicted octanol–water partition coefficient (Wildman–Crippen LogP) is 4.04. The number of nitrogens with two attached hydrogens (primary N) is 1. The van der Waals surface area contributed by atoms with Crippen molar-refractivity contribution in [3.05, 3.63) is 63.9 Å². The first-order valence-electron chi connectivity index (χ1n) is 8.57. The second-order valence-corrected chi connectivity index (χ2v) is 9.22. The predicted molar refractivity (Wildman–Crippen MR) is 121 cm³/mol. The Morgan fingerprint density at radius 2 is 1.97 bits per heavy atom. The van der Waals surface area contributed by atoms with Gasteiger partial charge in [0.25, 0.3) is 0 Å². The van der Waals surface area contributed by atoms with Crippen molar-refractivity contribution in [1.29, 1.82) is 0 Å². The zero-order chi connectivity index (χ0) is 21.3. The lowest BCUT2D eigenvalue weighted by Gasteiger charge is -2.13. The number of primary sulfonamides is 1. The van der Waals surface area contributed by atoms with Gasteiger partial charge in [-0.05, 0) is 45.8 Å². The second kappa shape index (κ2) is 8.19. The third kappa shape index (κ3) is 4.70. The standard InChI is InChI=1S/C18H15BrClN7O2S/c19-13-8-22-18(23-11-5-6-12-15(7-11)26-27-16(12)20)25-17(13)24-14-4-2-1-3-10(14)9-30(21,28)29/h1-8H,9H2,(H,26,27)(H2,21,28,29)(H2,22,23,24,25). The Bertz CT molecular complexity index is 1340. The molecule has 0 unspecified atom stereocenters. The summed E-state index contributed by atoms with van der Waals surface area (Å²) in [5.74, 6) is 0.500. The van der Waals surface area contributed by atoms with Crippen molar-refractivity contribution < 1.29 is 8.42 Å². The average molecular weight is 509 g/mol. The van der Waals surface area contributed by atoms with Crippen LogP contribution in [0.4, 0.5) is 23.1 Å². The number of fused-ring (bicyclic) bond motifs is 1. The molecule has 30 heavy (non-hydrogen) atoms. The number of H-pyrrole nitrogens is 1. The third-order valence-electron chi connectivity index (χ3n) is 4.14. The molecular weight excluding hydrogens is 494 g/mol. The Hall–Kier alpha value is -2.73. The molecule has 0 aliphatic heterocycles. The van der Waals surface area contributed by atoms with Crippen LogP contribution in [0.25, 0.3) is 10.9 Å². The van der Waals surface area contributed by atoms with Gasteiger partial charge in [0.15, 0.2) is 0 Å². The Labute approximate surface area is 185 Å². The minimum Gasteiger partial charge on any atom is -0.339 e. The number of aromatic nitrogens is 4. The number of halogens is 2. The molecule has 0 aliphatic rings. The van der Waals surface area contributed by atoms with Gasteiger partial charge in [-0.3, -0.25) is 5.10 Å². The second-order valence-electron chi connectivity index (χ2n) is 6.37. The first kappa shape index (κ1) is 20.5. The minimum absolute atomic E-state index is 0.295. The molecule has 2 heterocycles. The van der Waals surface area contributed by atoms with Gasteiger partial charge in [-0.15, -0.1) is 0 Å². The summed E-state index contributed by atoms with van der Waals surface area (Å²) >= 11 is 9.44. The molecule has 4 aromatic rings. The fourth-order valence-corrected chi connectivity index (χ4v) is 3.99. The van der Waals surface area contributed by atoms with E-state index < -0.39 is 10.0 Å². The van der Waals surface area contributed by atoms with Crippen LogP contribution in [0, 0.1) is 0 Å². The Morgan fingerprint density at radius 1 is 1.17 bits per heavy atom. The highest BCUT2D eigenvalue weighted by atomic mass is 79.9. The van der Waals surface area contributed by atoms with E-state index in [-0.39, 0.29) is 5.75 Å².